The molecule has 0 aliphatic carbocycles. The van der Waals surface area contributed by atoms with E-state index in [0.29, 0.717) is 12.4 Å². The molecular weight excluding hydrogens is 584 g/mol. The maximum Gasteiger partial charge on any atom is 0.423 e. The van der Waals surface area contributed by atoms with Gasteiger partial charge in [0.2, 0.25) is 0 Å². The number of aromatic amines is 1. The topological polar surface area (TPSA) is 126 Å². The Balaban J connectivity index is 1.51. The van der Waals surface area contributed by atoms with Crippen LogP contribution in [0.4, 0.5) is 40.8 Å². The second kappa shape index (κ2) is 11.5. The summed E-state index contributed by atoms with van der Waals surface area (Å²) in [5, 5.41) is 16.7. The number of halogens is 8. The van der Waals surface area contributed by atoms with Crippen LogP contribution in [0.1, 0.15) is 30.6 Å². The molecule has 0 spiro atoms. The minimum absolute atomic E-state index is 0.161. The van der Waals surface area contributed by atoms with E-state index in [2.05, 4.69) is 20.4 Å². The number of nitrogens with one attached hydrogen (secondary N) is 2. The Hall–Kier alpha value is -4.41. The molecule has 0 amide bonds. The minimum Gasteiger partial charge on any atom is -0.381 e. The summed E-state index contributed by atoms with van der Waals surface area (Å²) in [6.45, 7) is 0.836. The Morgan fingerprint density at radius 2 is 1.74 bits per heavy atom. The van der Waals surface area contributed by atoms with Crippen LogP contribution < -0.4 is 16.4 Å². The highest BCUT2D eigenvalue weighted by Gasteiger charge is 2.40. The molecule has 17 heteroatoms. The van der Waals surface area contributed by atoms with Gasteiger partial charge in [0.25, 0.3) is 11.1 Å². The molecule has 1 aromatic carbocycles. The average molecular weight is 604 g/mol. The zero-order chi connectivity index (χ0) is 31.0. The van der Waals surface area contributed by atoms with E-state index >= 15 is 0 Å². The highest BCUT2D eigenvalue weighted by Crippen LogP contribution is 2.33. The van der Waals surface area contributed by atoms with Gasteiger partial charge in [-0.1, -0.05) is 0 Å². The zero-order valence-corrected chi connectivity index (χ0v) is 21.3. The maximum atomic E-state index is 14.9. The van der Waals surface area contributed by atoms with Crippen molar-refractivity contribution < 1.29 is 40.2 Å². The molecule has 0 fully saturated rings. The second-order valence-electron chi connectivity index (χ2n) is 9.34. The third kappa shape index (κ3) is 6.56. The second-order valence-corrected chi connectivity index (χ2v) is 9.34. The standard InChI is InChI=1S/C25H20F8N6O3/c1-11(37-18-9-36-38-22(41)19(18)24(28,29)30)4-14(26)10-39-3-2-12-5-16(17(27)6-15(12)23(39)42)21-34-7-13(8-35-21)20(40)25(31,32)33/h2-3,5-9,11,14,20,40H,4,10H2,1H3,(H2,37,38,41)/t11-,14-,20-/m1/s1. The van der Waals surface area contributed by atoms with E-state index in [9.17, 15) is 49.8 Å². The van der Waals surface area contributed by atoms with E-state index in [1.165, 1.54) is 25.3 Å². The van der Waals surface area contributed by atoms with Gasteiger partial charge >= 0.3 is 12.4 Å². The van der Waals surface area contributed by atoms with Crippen molar-refractivity contribution in [3.05, 3.63) is 80.6 Å². The number of rotatable bonds is 8. The summed E-state index contributed by atoms with van der Waals surface area (Å²) in [7, 11) is 0. The molecular formula is C25H20F8N6O3. The molecule has 4 rings (SSSR count). The van der Waals surface area contributed by atoms with Crippen LogP contribution >= 0.6 is 0 Å². The van der Waals surface area contributed by atoms with Crippen LogP contribution in [0.2, 0.25) is 0 Å². The first-order valence-corrected chi connectivity index (χ1v) is 12.0. The van der Waals surface area contributed by atoms with Crippen LogP contribution in [-0.2, 0) is 12.7 Å². The third-order valence-electron chi connectivity index (χ3n) is 6.15. The Kier molecular flexibility index (Phi) is 8.34. The van der Waals surface area contributed by atoms with Crippen molar-refractivity contribution in [3.63, 3.8) is 0 Å². The molecule has 0 unspecified atom stereocenters. The summed E-state index contributed by atoms with van der Waals surface area (Å²) < 4.78 is 108. The molecule has 0 saturated heterocycles. The molecule has 0 bridgehead atoms. The number of aliphatic hydroxyl groups excluding tert-OH is 1. The molecule has 9 nitrogen and oxygen atoms in total. The molecule has 4 aromatic rings. The van der Waals surface area contributed by atoms with Crippen LogP contribution in [0.25, 0.3) is 22.2 Å². The number of aromatic nitrogens is 5. The van der Waals surface area contributed by atoms with Crippen LogP contribution in [0.15, 0.2) is 52.6 Å². The number of hydrogen-bond donors (Lipinski definition) is 3. The van der Waals surface area contributed by atoms with Gasteiger partial charge in [-0.25, -0.2) is 23.8 Å². The fourth-order valence-corrected chi connectivity index (χ4v) is 4.21. The largest absolute Gasteiger partial charge is 0.423 e. The number of H-pyrrole nitrogens is 1. The monoisotopic (exact) mass is 604 g/mol. The summed E-state index contributed by atoms with van der Waals surface area (Å²) in [4.78, 5) is 31.9. The Labute approximate surface area is 229 Å². The number of fused-ring (bicyclic) bond motifs is 1. The number of hydrogen-bond acceptors (Lipinski definition) is 7. The molecule has 0 aliphatic heterocycles. The first-order valence-electron chi connectivity index (χ1n) is 12.0. The quantitative estimate of drug-likeness (QED) is 0.253. The van der Waals surface area contributed by atoms with Crippen molar-refractivity contribution in [2.75, 3.05) is 5.32 Å². The molecule has 3 heterocycles. The summed E-state index contributed by atoms with van der Waals surface area (Å²) in [6, 6.07) is 2.44. The summed E-state index contributed by atoms with van der Waals surface area (Å²) >= 11 is 0. The molecule has 0 saturated carbocycles. The van der Waals surface area contributed by atoms with E-state index in [-0.39, 0.29) is 28.6 Å². The summed E-state index contributed by atoms with van der Waals surface area (Å²) in [6.07, 6.45) is -11.6. The fourth-order valence-electron chi connectivity index (χ4n) is 4.21. The van der Waals surface area contributed by atoms with Gasteiger partial charge in [0.15, 0.2) is 11.9 Å². The van der Waals surface area contributed by atoms with E-state index in [1.807, 2.05) is 0 Å². The van der Waals surface area contributed by atoms with Crippen LogP contribution in [0.3, 0.4) is 0 Å². The smallest absolute Gasteiger partial charge is 0.381 e. The first kappa shape index (κ1) is 30.5. The van der Waals surface area contributed by atoms with Gasteiger partial charge in [0.1, 0.15) is 17.6 Å². The number of alkyl halides is 7. The van der Waals surface area contributed by atoms with Crippen molar-refractivity contribution >= 4 is 16.5 Å². The van der Waals surface area contributed by atoms with Crippen LogP contribution in [0, 0.1) is 5.82 Å². The van der Waals surface area contributed by atoms with Crippen LogP contribution in [0.5, 0.6) is 0 Å². The SMILES string of the molecule is C[C@H](C[C@@H](F)Cn1ccc2cc(-c3ncc([C@@H](O)C(F)(F)F)cn3)c(F)cc2c1=O)Nc1cn[nH]c(=O)c1C(F)(F)F. The molecule has 3 N–H and O–H groups in total. The van der Waals surface area contributed by atoms with Crippen molar-refractivity contribution in [1.82, 2.24) is 24.7 Å². The predicted octanol–water partition coefficient (Wildman–Crippen LogP) is 4.52. The Morgan fingerprint density at radius 1 is 1.07 bits per heavy atom. The van der Waals surface area contributed by atoms with E-state index in [0.717, 1.165) is 16.8 Å². The van der Waals surface area contributed by atoms with Gasteiger partial charge in [-0.2, -0.15) is 31.4 Å². The number of anilines is 1. The lowest BCUT2D eigenvalue weighted by atomic mass is 10.1. The normalized spacial score (nSPS) is 14.5. The highest BCUT2D eigenvalue weighted by molar-refractivity contribution is 5.86. The van der Waals surface area contributed by atoms with Gasteiger partial charge in [0, 0.05) is 36.6 Å². The third-order valence-corrected chi connectivity index (χ3v) is 6.15. The minimum atomic E-state index is -4.99. The van der Waals surface area contributed by atoms with Crippen molar-refractivity contribution in [3.8, 4) is 11.4 Å². The van der Waals surface area contributed by atoms with Gasteiger partial charge in [-0.15, -0.1) is 0 Å². The lowest BCUT2D eigenvalue weighted by Gasteiger charge is -2.20. The van der Waals surface area contributed by atoms with Crippen LogP contribution in [-0.4, -0.2) is 48.2 Å². The van der Waals surface area contributed by atoms with Crippen molar-refractivity contribution in [2.45, 2.75) is 50.6 Å². The number of pyridine rings is 1. The van der Waals surface area contributed by atoms with Crippen molar-refractivity contribution in [2.24, 2.45) is 0 Å². The number of benzene rings is 1. The molecule has 224 valence electrons. The number of aliphatic hydroxyl groups is 1. The zero-order valence-electron chi connectivity index (χ0n) is 21.3. The fraction of sp³-hybridized carbons (Fsp3) is 0.320. The molecule has 3 atom stereocenters. The summed E-state index contributed by atoms with van der Waals surface area (Å²) in [5.74, 6) is -1.31. The molecule has 42 heavy (non-hydrogen) atoms. The lowest BCUT2D eigenvalue weighted by Crippen LogP contribution is -2.30. The Bertz CT molecular complexity index is 1700. The molecule has 3 aromatic heterocycles. The predicted molar refractivity (Wildman–Crippen MR) is 133 cm³/mol. The maximum absolute atomic E-state index is 14.9. The van der Waals surface area contributed by atoms with E-state index in [4.69, 9.17) is 0 Å². The van der Waals surface area contributed by atoms with E-state index in [1.54, 1.807) is 5.10 Å². The van der Waals surface area contributed by atoms with E-state index < -0.39 is 71.0 Å². The van der Waals surface area contributed by atoms with Gasteiger partial charge in [-0.3, -0.25) is 9.59 Å². The Morgan fingerprint density at radius 3 is 2.36 bits per heavy atom. The summed E-state index contributed by atoms with van der Waals surface area (Å²) in [5.41, 5.74) is -5.33. The lowest BCUT2D eigenvalue weighted by molar-refractivity contribution is -0.206. The molecule has 0 radical (unpaired) electrons. The number of nitrogens with zero attached hydrogens (tertiary/aromatic N) is 4. The van der Waals surface area contributed by atoms with Gasteiger partial charge in [-0.05, 0) is 30.5 Å². The first-order chi connectivity index (χ1) is 19.6. The van der Waals surface area contributed by atoms with Gasteiger partial charge < -0.3 is 15.0 Å². The molecule has 0 aliphatic rings. The van der Waals surface area contributed by atoms with Crippen molar-refractivity contribution in [1.29, 1.82) is 0 Å². The van der Waals surface area contributed by atoms with Gasteiger partial charge in [0.05, 0.1) is 29.4 Å². The average Bonchev–Trinajstić information content (AvgIpc) is 2.88. The highest BCUT2D eigenvalue weighted by atomic mass is 19.4.